The third-order valence-electron chi connectivity index (χ3n) is 3.16. The number of carbonyl (C=O) groups is 2. The fourth-order valence-electron chi connectivity index (χ4n) is 2.09. The molecule has 0 saturated carbocycles. The molecular weight excluding hydrogens is 326 g/mol. The highest BCUT2D eigenvalue weighted by Gasteiger charge is 2.24. The summed E-state index contributed by atoms with van der Waals surface area (Å²) in [5.41, 5.74) is 0.601. The summed E-state index contributed by atoms with van der Waals surface area (Å²) in [6, 6.07) is 3.39. The number of pyridine rings is 1. The first kappa shape index (κ1) is 14.9. The molecule has 0 N–H and O–H groups in total. The Morgan fingerprint density at radius 2 is 1.95 bits per heavy atom. The zero-order chi connectivity index (χ0) is 14.5. The van der Waals surface area contributed by atoms with E-state index in [9.17, 15) is 9.59 Å². The van der Waals surface area contributed by atoms with Crippen molar-refractivity contribution < 1.29 is 14.3 Å². The van der Waals surface area contributed by atoms with Gasteiger partial charge in [-0.3, -0.25) is 9.59 Å². The van der Waals surface area contributed by atoms with Crippen molar-refractivity contribution >= 4 is 27.7 Å². The van der Waals surface area contributed by atoms with Crippen molar-refractivity contribution in [3.63, 3.8) is 0 Å². The van der Waals surface area contributed by atoms with E-state index in [2.05, 4.69) is 20.9 Å². The number of hydrogen-bond donors (Lipinski definition) is 0. The molecule has 7 heteroatoms. The minimum Gasteiger partial charge on any atom is -0.375 e. The molecule has 2 rings (SSSR count). The molecule has 2 amide bonds. The van der Waals surface area contributed by atoms with E-state index in [1.807, 2.05) is 0 Å². The second-order valence-electron chi connectivity index (χ2n) is 4.47. The molecule has 1 aromatic rings. The number of carbonyl (C=O) groups excluding carboxylic acids is 2. The molecule has 20 heavy (non-hydrogen) atoms. The van der Waals surface area contributed by atoms with Gasteiger partial charge in [-0.25, -0.2) is 4.98 Å². The highest BCUT2D eigenvalue weighted by molar-refractivity contribution is 9.10. The first-order valence-electron chi connectivity index (χ1n) is 6.29. The Kier molecular flexibility index (Phi) is 5.08. The van der Waals surface area contributed by atoms with Gasteiger partial charge in [-0.05, 0) is 28.1 Å². The minimum absolute atomic E-state index is 0.0352. The molecule has 0 radical (unpaired) electrons. The highest BCUT2D eigenvalue weighted by atomic mass is 79.9. The first-order chi connectivity index (χ1) is 9.61. The number of methoxy groups -OCH3 is 1. The molecule has 0 atom stereocenters. The van der Waals surface area contributed by atoms with E-state index in [0.29, 0.717) is 36.3 Å². The smallest absolute Gasteiger partial charge is 0.254 e. The van der Waals surface area contributed by atoms with Crippen LogP contribution in [0.25, 0.3) is 0 Å². The molecule has 0 aromatic carbocycles. The lowest BCUT2D eigenvalue weighted by molar-refractivity contribution is -0.136. The van der Waals surface area contributed by atoms with E-state index in [4.69, 9.17) is 4.74 Å². The molecule has 108 valence electrons. The Morgan fingerprint density at radius 3 is 2.55 bits per heavy atom. The topological polar surface area (TPSA) is 62.7 Å². The molecule has 1 fully saturated rings. The molecule has 1 aromatic heterocycles. The molecule has 0 unspecified atom stereocenters. The van der Waals surface area contributed by atoms with Crippen molar-refractivity contribution in [1.29, 1.82) is 0 Å². The number of halogens is 1. The van der Waals surface area contributed by atoms with Crippen molar-refractivity contribution in [2.75, 3.05) is 39.9 Å². The van der Waals surface area contributed by atoms with Crippen molar-refractivity contribution in [2.45, 2.75) is 0 Å². The van der Waals surface area contributed by atoms with Crippen LogP contribution >= 0.6 is 15.9 Å². The van der Waals surface area contributed by atoms with Gasteiger partial charge in [-0.15, -0.1) is 0 Å². The van der Waals surface area contributed by atoms with Crippen LogP contribution in [0.5, 0.6) is 0 Å². The van der Waals surface area contributed by atoms with Crippen molar-refractivity contribution in [1.82, 2.24) is 14.8 Å². The quantitative estimate of drug-likeness (QED) is 0.762. The van der Waals surface area contributed by atoms with E-state index in [-0.39, 0.29) is 18.4 Å². The van der Waals surface area contributed by atoms with Gasteiger partial charge in [0.05, 0.1) is 0 Å². The lowest BCUT2D eigenvalue weighted by Gasteiger charge is -2.34. The summed E-state index contributed by atoms with van der Waals surface area (Å²) in [5.74, 6) is -0.0711. The van der Waals surface area contributed by atoms with Gasteiger partial charge < -0.3 is 14.5 Å². The predicted octanol–water partition coefficient (Wildman–Crippen LogP) is 0.775. The number of ether oxygens (including phenoxy) is 1. The average Bonchev–Trinajstić information content (AvgIpc) is 2.47. The van der Waals surface area contributed by atoms with Crippen molar-refractivity contribution in [3.05, 3.63) is 28.5 Å². The third-order valence-corrected chi connectivity index (χ3v) is 3.59. The molecule has 2 heterocycles. The third kappa shape index (κ3) is 3.55. The van der Waals surface area contributed by atoms with Crippen LogP contribution in [0.15, 0.2) is 22.9 Å². The van der Waals surface area contributed by atoms with E-state index >= 15 is 0 Å². The van der Waals surface area contributed by atoms with E-state index < -0.39 is 0 Å². The van der Waals surface area contributed by atoms with Crippen LogP contribution in [0.4, 0.5) is 0 Å². The summed E-state index contributed by atoms with van der Waals surface area (Å²) in [4.78, 5) is 31.4. The van der Waals surface area contributed by atoms with Gasteiger partial charge in [0.15, 0.2) is 0 Å². The standard InChI is InChI=1S/C13H16BrN3O3/c1-20-9-12(18)16-4-6-17(7-5-16)13(19)10-2-3-15-11(14)8-10/h2-3,8H,4-7,9H2,1H3. The number of nitrogens with zero attached hydrogens (tertiary/aromatic N) is 3. The average molecular weight is 342 g/mol. The molecule has 1 aliphatic rings. The van der Waals surface area contributed by atoms with Gasteiger partial charge in [0.1, 0.15) is 11.2 Å². The van der Waals surface area contributed by atoms with Crippen LogP contribution < -0.4 is 0 Å². The first-order valence-corrected chi connectivity index (χ1v) is 7.08. The van der Waals surface area contributed by atoms with Crippen LogP contribution in [0, 0.1) is 0 Å². The second-order valence-corrected chi connectivity index (χ2v) is 5.29. The Balaban J connectivity index is 1.93. The minimum atomic E-state index is -0.0359. The maximum Gasteiger partial charge on any atom is 0.254 e. The van der Waals surface area contributed by atoms with Crippen LogP contribution in [0.2, 0.25) is 0 Å². The van der Waals surface area contributed by atoms with Gasteiger partial charge in [0.25, 0.3) is 5.91 Å². The van der Waals surface area contributed by atoms with E-state index in [1.54, 1.807) is 28.1 Å². The summed E-state index contributed by atoms with van der Waals surface area (Å²) in [5, 5.41) is 0. The van der Waals surface area contributed by atoms with Crippen LogP contribution in [0.1, 0.15) is 10.4 Å². The Morgan fingerprint density at radius 1 is 1.30 bits per heavy atom. The van der Waals surface area contributed by atoms with Crippen molar-refractivity contribution in [3.8, 4) is 0 Å². The van der Waals surface area contributed by atoms with Gasteiger partial charge in [0, 0.05) is 45.0 Å². The SMILES string of the molecule is COCC(=O)N1CCN(C(=O)c2ccnc(Br)c2)CC1. The largest absolute Gasteiger partial charge is 0.375 e. The molecule has 6 nitrogen and oxygen atoms in total. The van der Waals surface area contributed by atoms with E-state index in [1.165, 1.54) is 7.11 Å². The monoisotopic (exact) mass is 341 g/mol. The van der Waals surface area contributed by atoms with Gasteiger partial charge in [-0.2, -0.15) is 0 Å². The lowest BCUT2D eigenvalue weighted by Crippen LogP contribution is -2.51. The fourth-order valence-corrected chi connectivity index (χ4v) is 2.46. The van der Waals surface area contributed by atoms with Gasteiger partial charge >= 0.3 is 0 Å². The Labute approximate surface area is 125 Å². The van der Waals surface area contributed by atoms with Gasteiger partial charge in [0.2, 0.25) is 5.91 Å². The molecule has 1 saturated heterocycles. The van der Waals surface area contributed by atoms with Crippen LogP contribution in [0.3, 0.4) is 0 Å². The summed E-state index contributed by atoms with van der Waals surface area (Å²) < 4.78 is 5.47. The Bertz CT molecular complexity index is 501. The molecule has 0 spiro atoms. The fraction of sp³-hybridized carbons (Fsp3) is 0.462. The zero-order valence-electron chi connectivity index (χ0n) is 11.2. The summed E-state index contributed by atoms with van der Waals surface area (Å²) in [7, 11) is 1.50. The number of rotatable bonds is 3. The van der Waals surface area contributed by atoms with Crippen molar-refractivity contribution in [2.24, 2.45) is 0 Å². The maximum atomic E-state index is 12.3. The zero-order valence-corrected chi connectivity index (χ0v) is 12.8. The molecule has 0 bridgehead atoms. The number of aromatic nitrogens is 1. The second kappa shape index (κ2) is 6.81. The normalized spacial score (nSPS) is 15.3. The molecular formula is C13H16BrN3O3. The summed E-state index contributed by atoms with van der Waals surface area (Å²) in [6.45, 7) is 2.24. The Hall–Kier alpha value is -1.47. The van der Waals surface area contributed by atoms with Gasteiger partial charge in [-0.1, -0.05) is 0 Å². The molecule has 1 aliphatic heterocycles. The summed E-state index contributed by atoms with van der Waals surface area (Å²) in [6.07, 6.45) is 1.59. The van der Waals surface area contributed by atoms with E-state index in [0.717, 1.165) is 0 Å². The highest BCUT2D eigenvalue weighted by Crippen LogP contribution is 2.12. The van der Waals surface area contributed by atoms with Crippen LogP contribution in [-0.4, -0.2) is 66.5 Å². The van der Waals surface area contributed by atoms with Crippen LogP contribution in [-0.2, 0) is 9.53 Å². The number of amides is 2. The lowest BCUT2D eigenvalue weighted by atomic mass is 10.2. The molecule has 0 aliphatic carbocycles. The predicted molar refractivity (Wildman–Crippen MR) is 76.3 cm³/mol. The summed E-state index contributed by atoms with van der Waals surface area (Å²) >= 11 is 3.25. The number of hydrogen-bond acceptors (Lipinski definition) is 4. The number of piperazine rings is 1. The maximum absolute atomic E-state index is 12.3.